The van der Waals surface area contributed by atoms with Crippen molar-refractivity contribution >= 4 is 11.9 Å². The van der Waals surface area contributed by atoms with Gasteiger partial charge in [0, 0.05) is 5.92 Å². The van der Waals surface area contributed by atoms with Crippen LogP contribution < -0.4 is 4.74 Å². The lowest BCUT2D eigenvalue weighted by molar-refractivity contribution is 0.0599. The van der Waals surface area contributed by atoms with Gasteiger partial charge in [-0.3, -0.25) is 0 Å². The molecule has 0 spiro atoms. The van der Waals surface area contributed by atoms with Crippen molar-refractivity contribution in [3.63, 3.8) is 0 Å². The van der Waals surface area contributed by atoms with E-state index in [-0.39, 0.29) is 5.92 Å². The fourth-order valence-electron chi connectivity index (χ4n) is 4.02. The molecular formula is C28H30O4. The normalized spacial score (nSPS) is 11.7. The molecule has 0 aliphatic rings. The molecule has 1 unspecified atom stereocenters. The Morgan fingerprint density at radius 2 is 1.12 bits per heavy atom. The summed E-state index contributed by atoms with van der Waals surface area (Å²) in [6, 6.07) is 14.8. The number of hydrogen-bond acceptors (Lipinski definition) is 4. The van der Waals surface area contributed by atoms with Gasteiger partial charge in [0.05, 0.1) is 18.2 Å². The molecule has 0 fully saturated rings. The summed E-state index contributed by atoms with van der Waals surface area (Å²) in [6.45, 7) is 12.6. The summed E-state index contributed by atoms with van der Waals surface area (Å²) in [4.78, 5) is 24.2. The molecule has 3 aromatic carbocycles. The Labute approximate surface area is 190 Å². The van der Waals surface area contributed by atoms with Crippen LogP contribution in [0.15, 0.2) is 48.5 Å². The third kappa shape index (κ3) is 4.75. The van der Waals surface area contributed by atoms with Crippen molar-refractivity contribution in [2.24, 2.45) is 0 Å². The zero-order valence-corrected chi connectivity index (χ0v) is 19.8. The second-order valence-electron chi connectivity index (χ2n) is 8.45. The number of carbonyl (C=O) groups is 2. The van der Waals surface area contributed by atoms with E-state index in [1.807, 2.05) is 19.9 Å². The van der Waals surface area contributed by atoms with Gasteiger partial charge < -0.3 is 9.47 Å². The van der Waals surface area contributed by atoms with E-state index in [1.165, 1.54) is 34.9 Å². The van der Waals surface area contributed by atoms with Crippen molar-refractivity contribution in [3.05, 3.63) is 98.6 Å². The second-order valence-corrected chi connectivity index (χ2v) is 8.45. The van der Waals surface area contributed by atoms with E-state index in [0.29, 0.717) is 16.9 Å². The minimum atomic E-state index is -0.463. The number of ether oxygens (including phenoxy) is 2. The molecule has 4 nitrogen and oxygen atoms in total. The quantitative estimate of drug-likeness (QED) is 0.348. The van der Waals surface area contributed by atoms with Crippen molar-refractivity contribution in [2.45, 2.75) is 47.5 Å². The molecule has 0 amide bonds. The Hall–Kier alpha value is -3.40. The standard InChI is InChI=1S/C28H30O4/c1-16-12-18(3)24(13-17(16)2)21(6)25-14-20(5)26(15-19(25)4)32-28(30)23-10-8-22(9-11-23)27(29)31-7/h8-15,21H,1-7H3. The molecule has 32 heavy (non-hydrogen) atoms. The molecule has 0 saturated carbocycles. The van der Waals surface area contributed by atoms with Gasteiger partial charge in [-0.25, -0.2) is 9.59 Å². The first kappa shape index (κ1) is 23.3. The lowest BCUT2D eigenvalue weighted by Gasteiger charge is -2.21. The van der Waals surface area contributed by atoms with Gasteiger partial charge >= 0.3 is 11.9 Å². The first-order chi connectivity index (χ1) is 15.1. The maximum absolute atomic E-state index is 12.6. The van der Waals surface area contributed by atoms with Gasteiger partial charge in [0.1, 0.15) is 5.75 Å². The zero-order valence-electron chi connectivity index (χ0n) is 19.8. The molecule has 0 N–H and O–H groups in total. The van der Waals surface area contributed by atoms with Crippen molar-refractivity contribution in [1.29, 1.82) is 0 Å². The first-order valence-electron chi connectivity index (χ1n) is 10.7. The molecule has 0 heterocycles. The van der Waals surface area contributed by atoms with E-state index < -0.39 is 11.9 Å². The Morgan fingerprint density at radius 1 is 0.656 bits per heavy atom. The molecule has 0 aromatic heterocycles. The Bertz CT molecular complexity index is 1170. The van der Waals surface area contributed by atoms with Crippen molar-refractivity contribution in [3.8, 4) is 5.75 Å². The molecule has 1 atom stereocenters. The first-order valence-corrected chi connectivity index (χ1v) is 10.7. The minimum absolute atomic E-state index is 0.226. The number of hydrogen-bond donors (Lipinski definition) is 0. The van der Waals surface area contributed by atoms with Crippen LogP contribution in [-0.2, 0) is 4.74 Å². The zero-order chi connectivity index (χ0) is 23.6. The Balaban J connectivity index is 1.85. The van der Waals surface area contributed by atoms with Crippen LogP contribution >= 0.6 is 0 Å². The number of benzene rings is 3. The Morgan fingerprint density at radius 3 is 1.69 bits per heavy atom. The van der Waals surface area contributed by atoms with Gasteiger partial charge in [-0.05, 0) is 104 Å². The number of aryl methyl sites for hydroxylation is 5. The van der Waals surface area contributed by atoms with Gasteiger partial charge in [-0.1, -0.05) is 25.1 Å². The topological polar surface area (TPSA) is 52.6 Å². The van der Waals surface area contributed by atoms with Crippen LogP contribution in [0, 0.1) is 34.6 Å². The van der Waals surface area contributed by atoms with Crippen molar-refractivity contribution < 1.29 is 19.1 Å². The number of carbonyl (C=O) groups excluding carboxylic acids is 2. The van der Waals surface area contributed by atoms with Crippen molar-refractivity contribution in [1.82, 2.24) is 0 Å². The maximum atomic E-state index is 12.6. The summed E-state index contributed by atoms with van der Waals surface area (Å²) in [7, 11) is 1.32. The van der Waals surface area contributed by atoms with Crippen LogP contribution in [0.2, 0.25) is 0 Å². The molecule has 0 saturated heterocycles. The van der Waals surface area contributed by atoms with E-state index in [9.17, 15) is 9.59 Å². The second kappa shape index (κ2) is 9.39. The molecule has 4 heteroatoms. The molecule has 3 rings (SSSR count). The van der Waals surface area contributed by atoms with Crippen LogP contribution in [0.3, 0.4) is 0 Å². The highest BCUT2D eigenvalue weighted by atomic mass is 16.5. The van der Waals surface area contributed by atoms with Gasteiger partial charge in [0.15, 0.2) is 0 Å². The highest BCUT2D eigenvalue weighted by Crippen LogP contribution is 2.34. The predicted octanol–water partition coefficient (Wildman–Crippen LogP) is 6.39. The van der Waals surface area contributed by atoms with E-state index in [1.54, 1.807) is 24.3 Å². The van der Waals surface area contributed by atoms with Crippen LogP contribution in [-0.4, -0.2) is 19.0 Å². The smallest absolute Gasteiger partial charge is 0.343 e. The summed E-state index contributed by atoms with van der Waals surface area (Å²) in [5.41, 5.74) is 9.13. The average Bonchev–Trinajstić information content (AvgIpc) is 2.77. The monoisotopic (exact) mass is 430 g/mol. The minimum Gasteiger partial charge on any atom is -0.465 e. The van der Waals surface area contributed by atoms with Crippen molar-refractivity contribution in [2.75, 3.05) is 7.11 Å². The molecular weight excluding hydrogens is 400 g/mol. The highest BCUT2D eigenvalue weighted by Gasteiger charge is 2.18. The van der Waals surface area contributed by atoms with Crippen LogP contribution in [0.25, 0.3) is 0 Å². The number of esters is 2. The summed E-state index contributed by atoms with van der Waals surface area (Å²) in [6.07, 6.45) is 0. The fraction of sp³-hybridized carbons (Fsp3) is 0.286. The molecule has 3 aromatic rings. The summed E-state index contributed by atoms with van der Waals surface area (Å²) in [5, 5.41) is 0. The van der Waals surface area contributed by atoms with Crippen LogP contribution in [0.1, 0.15) is 72.5 Å². The highest BCUT2D eigenvalue weighted by molar-refractivity contribution is 5.94. The van der Waals surface area contributed by atoms with E-state index in [0.717, 1.165) is 11.1 Å². The fourth-order valence-corrected chi connectivity index (χ4v) is 4.02. The summed E-state index contributed by atoms with van der Waals surface area (Å²) < 4.78 is 10.4. The van der Waals surface area contributed by atoms with Crippen LogP contribution in [0.4, 0.5) is 0 Å². The third-order valence-corrected chi connectivity index (χ3v) is 6.12. The lowest BCUT2D eigenvalue weighted by atomic mass is 9.85. The third-order valence-electron chi connectivity index (χ3n) is 6.12. The number of methoxy groups -OCH3 is 1. The van der Waals surface area contributed by atoms with Gasteiger partial charge in [-0.2, -0.15) is 0 Å². The van der Waals surface area contributed by atoms with E-state index in [2.05, 4.69) is 50.6 Å². The maximum Gasteiger partial charge on any atom is 0.343 e. The average molecular weight is 431 g/mol. The molecule has 0 aliphatic carbocycles. The van der Waals surface area contributed by atoms with Gasteiger partial charge in [0.25, 0.3) is 0 Å². The molecule has 0 bridgehead atoms. The summed E-state index contributed by atoms with van der Waals surface area (Å²) in [5.74, 6) is -0.143. The molecule has 166 valence electrons. The Kier molecular flexibility index (Phi) is 6.83. The summed E-state index contributed by atoms with van der Waals surface area (Å²) >= 11 is 0. The largest absolute Gasteiger partial charge is 0.465 e. The van der Waals surface area contributed by atoms with Gasteiger partial charge in [-0.15, -0.1) is 0 Å². The molecule has 0 aliphatic heterocycles. The van der Waals surface area contributed by atoms with E-state index >= 15 is 0 Å². The lowest BCUT2D eigenvalue weighted by Crippen LogP contribution is -2.11. The van der Waals surface area contributed by atoms with E-state index in [4.69, 9.17) is 4.74 Å². The predicted molar refractivity (Wildman–Crippen MR) is 127 cm³/mol. The molecule has 0 radical (unpaired) electrons. The van der Waals surface area contributed by atoms with Crippen LogP contribution in [0.5, 0.6) is 5.75 Å². The van der Waals surface area contributed by atoms with Gasteiger partial charge in [0.2, 0.25) is 0 Å². The number of rotatable bonds is 5. The SMILES string of the molecule is COC(=O)c1ccc(C(=O)Oc2cc(C)c(C(C)c3cc(C)c(C)cc3C)cc2C)cc1.